The van der Waals surface area contributed by atoms with Crippen molar-refractivity contribution in [3.63, 3.8) is 0 Å². The van der Waals surface area contributed by atoms with Gasteiger partial charge in [0.25, 0.3) is 5.91 Å². The summed E-state index contributed by atoms with van der Waals surface area (Å²) < 4.78 is 0. The van der Waals surface area contributed by atoms with Crippen LogP contribution in [0.2, 0.25) is 0 Å². The van der Waals surface area contributed by atoms with Gasteiger partial charge in [0, 0.05) is 6.20 Å². The lowest BCUT2D eigenvalue weighted by molar-refractivity contribution is 0.0953. The standard InChI is InChI=1S/C17H23N5OS/c1-12-16(24-11-21-12)17(23)20-10-15-9-18-14(8-19-15)7-13-3-5-22(2)6-4-13/h8-9,11,13H,3-7,10H2,1-2H3,(H,20,23). The largest absolute Gasteiger partial charge is 0.346 e. The zero-order valence-corrected chi connectivity index (χ0v) is 15.0. The molecule has 0 radical (unpaired) electrons. The molecule has 3 heterocycles. The normalized spacial score (nSPS) is 16.2. The van der Waals surface area contributed by atoms with Crippen molar-refractivity contribution < 1.29 is 4.79 Å². The van der Waals surface area contributed by atoms with E-state index in [4.69, 9.17) is 0 Å². The van der Waals surface area contributed by atoms with Crippen molar-refractivity contribution in [2.24, 2.45) is 5.92 Å². The van der Waals surface area contributed by atoms with Crippen LogP contribution in [0.25, 0.3) is 0 Å². The van der Waals surface area contributed by atoms with Gasteiger partial charge in [-0.2, -0.15) is 0 Å². The number of amides is 1. The molecule has 1 aliphatic rings. The first-order chi connectivity index (χ1) is 11.6. The Morgan fingerprint density at radius 3 is 2.58 bits per heavy atom. The van der Waals surface area contributed by atoms with Crippen molar-refractivity contribution in [3.8, 4) is 0 Å². The molecule has 1 fully saturated rings. The molecule has 0 saturated carbocycles. The Hall–Kier alpha value is -1.86. The summed E-state index contributed by atoms with van der Waals surface area (Å²) in [6, 6.07) is 0. The molecule has 0 spiro atoms. The van der Waals surface area contributed by atoms with Crippen molar-refractivity contribution in [2.45, 2.75) is 32.7 Å². The maximum Gasteiger partial charge on any atom is 0.263 e. The third-order valence-electron chi connectivity index (χ3n) is 4.48. The number of carbonyl (C=O) groups excluding carboxylic acids is 1. The third-order valence-corrected chi connectivity index (χ3v) is 5.40. The van der Waals surface area contributed by atoms with Gasteiger partial charge < -0.3 is 10.2 Å². The highest BCUT2D eigenvalue weighted by Gasteiger charge is 2.17. The fourth-order valence-corrected chi connectivity index (χ4v) is 3.63. The Kier molecular flexibility index (Phi) is 5.52. The van der Waals surface area contributed by atoms with E-state index in [0.717, 1.165) is 23.5 Å². The van der Waals surface area contributed by atoms with Crippen LogP contribution in [0.3, 0.4) is 0 Å². The lowest BCUT2D eigenvalue weighted by Crippen LogP contribution is -2.31. The fourth-order valence-electron chi connectivity index (χ4n) is 2.91. The van der Waals surface area contributed by atoms with E-state index >= 15 is 0 Å². The van der Waals surface area contributed by atoms with E-state index in [2.05, 4.69) is 32.2 Å². The number of likely N-dealkylation sites (tertiary alicyclic amines) is 1. The van der Waals surface area contributed by atoms with Gasteiger partial charge in [-0.05, 0) is 52.2 Å². The molecule has 0 atom stereocenters. The molecule has 0 unspecified atom stereocenters. The van der Waals surface area contributed by atoms with Crippen molar-refractivity contribution in [2.75, 3.05) is 20.1 Å². The van der Waals surface area contributed by atoms with E-state index in [0.29, 0.717) is 17.3 Å². The maximum absolute atomic E-state index is 12.1. The van der Waals surface area contributed by atoms with Gasteiger partial charge in [0.05, 0.1) is 35.3 Å². The summed E-state index contributed by atoms with van der Waals surface area (Å²) in [6.45, 7) is 4.55. The van der Waals surface area contributed by atoms with Gasteiger partial charge in [0.15, 0.2) is 0 Å². The Labute approximate surface area is 146 Å². The molecule has 1 aliphatic heterocycles. The quantitative estimate of drug-likeness (QED) is 0.898. The molecular formula is C17H23N5OS. The predicted octanol–water partition coefficient (Wildman–Crippen LogP) is 2.06. The molecule has 0 aliphatic carbocycles. The van der Waals surface area contributed by atoms with Gasteiger partial charge in [-0.25, -0.2) is 4.98 Å². The van der Waals surface area contributed by atoms with E-state index in [1.807, 2.05) is 13.1 Å². The van der Waals surface area contributed by atoms with Crippen LogP contribution in [0.4, 0.5) is 0 Å². The summed E-state index contributed by atoms with van der Waals surface area (Å²) in [4.78, 5) is 28.1. The highest BCUT2D eigenvalue weighted by atomic mass is 32.1. The number of piperidine rings is 1. The fraction of sp³-hybridized carbons (Fsp3) is 0.529. The molecule has 3 rings (SSSR count). The summed E-state index contributed by atoms with van der Waals surface area (Å²) in [6.07, 6.45) is 7.06. The lowest BCUT2D eigenvalue weighted by Gasteiger charge is -2.28. The van der Waals surface area contributed by atoms with Gasteiger partial charge in [0.2, 0.25) is 0 Å². The highest BCUT2D eigenvalue weighted by molar-refractivity contribution is 7.11. The van der Waals surface area contributed by atoms with Gasteiger partial charge in [-0.15, -0.1) is 11.3 Å². The Morgan fingerprint density at radius 2 is 1.96 bits per heavy atom. The minimum absolute atomic E-state index is 0.104. The van der Waals surface area contributed by atoms with Crippen LogP contribution in [-0.4, -0.2) is 45.9 Å². The van der Waals surface area contributed by atoms with Crippen molar-refractivity contribution >= 4 is 17.2 Å². The average molecular weight is 345 g/mol. The second-order valence-corrected chi connectivity index (χ2v) is 7.25. The monoisotopic (exact) mass is 345 g/mol. The zero-order valence-electron chi connectivity index (χ0n) is 14.2. The predicted molar refractivity (Wildman–Crippen MR) is 94.0 cm³/mol. The van der Waals surface area contributed by atoms with E-state index in [9.17, 15) is 4.79 Å². The minimum Gasteiger partial charge on any atom is -0.346 e. The van der Waals surface area contributed by atoms with E-state index < -0.39 is 0 Å². The van der Waals surface area contributed by atoms with Gasteiger partial charge in [-0.3, -0.25) is 14.8 Å². The number of aryl methyl sites for hydroxylation is 1. The van der Waals surface area contributed by atoms with Crippen molar-refractivity contribution in [3.05, 3.63) is 39.9 Å². The van der Waals surface area contributed by atoms with E-state index in [1.54, 1.807) is 11.7 Å². The number of aromatic nitrogens is 3. The van der Waals surface area contributed by atoms with Gasteiger partial charge >= 0.3 is 0 Å². The van der Waals surface area contributed by atoms with Crippen molar-refractivity contribution in [1.29, 1.82) is 0 Å². The number of hydrogen-bond donors (Lipinski definition) is 1. The van der Waals surface area contributed by atoms with E-state index in [1.165, 1.54) is 37.3 Å². The lowest BCUT2D eigenvalue weighted by atomic mass is 9.92. The number of nitrogens with one attached hydrogen (secondary N) is 1. The van der Waals surface area contributed by atoms with Gasteiger partial charge in [-0.1, -0.05) is 0 Å². The number of hydrogen-bond acceptors (Lipinski definition) is 6. The molecule has 128 valence electrons. The first kappa shape index (κ1) is 17.0. The summed E-state index contributed by atoms with van der Waals surface area (Å²) >= 11 is 1.35. The van der Waals surface area contributed by atoms with Crippen LogP contribution >= 0.6 is 11.3 Å². The van der Waals surface area contributed by atoms with Crippen LogP contribution in [-0.2, 0) is 13.0 Å². The van der Waals surface area contributed by atoms with Crippen LogP contribution in [0.1, 0.15) is 39.6 Å². The van der Waals surface area contributed by atoms with Crippen molar-refractivity contribution in [1.82, 2.24) is 25.2 Å². The van der Waals surface area contributed by atoms with Crippen LogP contribution in [0, 0.1) is 12.8 Å². The number of rotatable bonds is 5. The topological polar surface area (TPSA) is 71.0 Å². The summed E-state index contributed by atoms with van der Waals surface area (Å²) in [5.74, 6) is 0.600. The Balaban J connectivity index is 1.49. The van der Waals surface area contributed by atoms with Crippen LogP contribution in [0.15, 0.2) is 17.9 Å². The molecule has 2 aromatic rings. The van der Waals surface area contributed by atoms with Gasteiger partial charge in [0.1, 0.15) is 4.88 Å². The van der Waals surface area contributed by atoms with E-state index in [-0.39, 0.29) is 5.91 Å². The molecule has 24 heavy (non-hydrogen) atoms. The molecule has 7 heteroatoms. The highest BCUT2D eigenvalue weighted by Crippen LogP contribution is 2.19. The Bertz CT molecular complexity index is 677. The maximum atomic E-state index is 12.1. The first-order valence-corrected chi connectivity index (χ1v) is 9.16. The number of carbonyl (C=O) groups is 1. The Morgan fingerprint density at radius 1 is 1.25 bits per heavy atom. The summed E-state index contributed by atoms with van der Waals surface area (Å²) in [7, 11) is 2.17. The smallest absolute Gasteiger partial charge is 0.263 e. The number of thiazole rings is 1. The molecular weight excluding hydrogens is 322 g/mol. The molecule has 1 amide bonds. The molecule has 1 saturated heterocycles. The molecule has 6 nitrogen and oxygen atoms in total. The first-order valence-electron chi connectivity index (χ1n) is 8.28. The molecule has 0 aromatic carbocycles. The summed E-state index contributed by atoms with van der Waals surface area (Å²) in [5, 5.41) is 2.87. The SMILES string of the molecule is Cc1ncsc1C(=O)NCc1cnc(CC2CCN(C)CC2)cn1. The second-order valence-electron chi connectivity index (χ2n) is 6.40. The zero-order chi connectivity index (χ0) is 16.9. The second kappa shape index (κ2) is 7.81. The van der Waals surface area contributed by atoms with Crippen LogP contribution in [0.5, 0.6) is 0 Å². The summed E-state index contributed by atoms with van der Waals surface area (Å²) in [5.41, 5.74) is 4.26. The third kappa shape index (κ3) is 4.36. The van der Waals surface area contributed by atoms with Crippen LogP contribution < -0.4 is 5.32 Å². The number of nitrogens with zero attached hydrogens (tertiary/aromatic N) is 4. The molecule has 2 aromatic heterocycles. The molecule has 0 bridgehead atoms. The average Bonchev–Trinajstić information content (AvgIpc) is 3.02. The minimum atomic E-state index is -0.104. The molecule has 1 N–H and O–H groups in total.